The Balaban J connectivity index is 1.42. The first-order valence-corrected chi connectivity index (χ1v) is 10.6. The summed E-state index contributed by atoms with van der Waals surface area (Å²) in [7, 11) is 0. The zero-order chi connectivity index (χ0) is 20.1. The summed E-state index contributed by atoms with van der Waals surface area (Å²) in [5.74, 6) is 0.437. The summed E-state index contributed by atoms with van der Waals surface area (Å²) in [5, 5.41) is 2.98. The molecule has 1 heterocycles. The number of nitrogens with one attached hydrogen (secondary N) is 1. The highest BCUT2D eigenvalue weighted by Crippen LogP contribution is 2.35. The molecule has 0 spiro atoms. The van der Waals surface area contributed by atoms with Gasteiger partial charge in [0.2, 0.25) is 5.91 Å². The smallest absolute Gasteiger partial charge is 0.251 e. The first-order chi connectivity index (χ1) is 14.2. The van der Waals surface area contributed by atoms with Gasteiger partial charge >= 0.3 is 0 Å². The molecule has 0 saturated carbocycles. The van der Waals surface area contributed by atoms with Gasteiger partial charge in [0.05, 0.1) is 18.0 Å². The Kier molecular flexibility index (Phi) is 5.96. The van der Waals surface area contributed by atoms with E-state index in [4.69, 9.17) is 0 Å². The molecule has 3 aromatic carbocycles. The fourth-order valence-electron chi connectivity index (χ4n) is 3.39. The summed E-state index contributed by atoms with van der Waals surface area (Å²) in [6.45, 7) is 1.05. The topological polar surface area (TPSA) is 49.4 Å². The van der Waals surface area contributed by atoms with Crippen LogP contribution >= 0.6 is 11.8 Å². The molecule has 0 aromatic heterocycles. The molecule has 29 heavy (non-hydrogen) atoms. The Morgan fingerprint density at radius 1 is 0.931 bits per heavy atom. The zero-order valence-corrected chi connectivity index (χ0v) is 16.8. The van der Waals surface area contributed by atoms with E-state index in [9.17, 15) is 9.59 Å². The first-order valence-electron chi connectivity index (χ1n) is 9.64. The second kappa shape index (κ2) is 8.97. The molecule has 4 rings (SSSR count). The number of para-hydroxylation sites is 1. The lowest BCUT2D eigenvalue weighted by molar-refractivity contribution is -0.116. The highest BCUT2D eigenvalue weighted by Gasteiger charge is 2.24. The van der Waals surface area contributed by atoms with Crippen LogP contribution in [0.2, 0.25) is 0 Å². The lowest BCUT2D eigenvalue weighted by Crippen LogP contribution is -2.34. The summed E-state index contributed by atoms with van der Waals surface area (Å²) >= 11 is 1.57. The average molecular weight is 403 g/mol. The largest absolute Gasteiger partial charge is 0.352 e. The number of amides is 2. The molecule has 0 aliphatic carbocycles. The molecule has 5 heteroatoms. The number of nitrogens with zero attached hydrogens (tertiary/aromatic N) is 1. The van der Waals surface area contributed by atoms with E-state index in [1.54, 1.807) is 16.7 Å². The summed E-state index contributed by atoms with van der Waals surface area (Å²) < 4.78 is 0. The van der Waals surface area contributed by atoms with Crippen LogP contribution in [0.1, 0.15) is 21.5 Å². The molecule has 3 aromatic rings. The van der Waals surface area contributed by atoms with Crippen LogP contribution in [0.3, 0.4) is 0 Å². The lowest BCUT2D eigenvalue weighted by atomic mass is 10.1. The quantitative estimate of drug-likeness (QED) is 0.669. The maximum absolute atomic E-state index is 12.5. The predicted octanol–water partition coefficient (Wildman–Crippen LogP) is 4.30. The van der Waals surface area contributed by atoms with Gasteiger partial charge in [-0.1, -0.05) is 54.6 Å². The van der Waals surface area contributed by atoms with Crippen molar-refractivity contribution in [3.8, 4) is 0 Å². The molecule has 0 saturated heterocycles. The normalized spacial score (nSPS) is 13.1. The van der Waals surface area contributed by atoms with Crippen molar-refractivity contribution < 1.29 is 9.59 Å². The number of anilines is 1. The van der Waals surface area contributed by atoms with E-state index in [0.717, 1.165) is 22.6 Å². The predicted molar refractivity (Wildman–Crippen MR) is 117 cm³/mol. The molecular formula is C24H22N2O2S. The van der Waals surface area contributed by atoms with Gasteiger partial charge in [0.25, 0.3) is 5.91 Å². The van der Waals surface area contributed by atoms with Crippen molar-refractivity contribution in [3.63, 3.8) is 0 Å². The van der Waals surface area contributed by atoms with E-state index in [-0.39, 0.29) is 11.8 Å². The molecule has 1 aliphatic rings. The fourth-order valence-corrected chi connectivity index (χ4v) is 4.32. The Hall–Kier alpha value is -3.05. The van der Waals surface area contributed by atoms with Crippen molar-refractivity contribution in [2.45, 2.75) is 17.9 Å². The third-order valence-corrected chi connectivity index (χ3v) is 5.93. The average Bonchev–Trinajstić information content (AvgIpc) is 2.77. The Morgan fingerprint density at radius 2 is 1.69 bits per heavy atom. The highest BCUT2D eigenvalue weighted by molar-refractivity contribution is 8.00. The SMILES string of the molecule is O=C(NCCc1ccccc1)c1cccc(CN2C(=O)CSc3ccccc32)c1. The van der Waals surface area contributed by atoms with Gasteiger partial charge < -0.3 is 10.2 Å². The third-order valence-electron chi connectivity index (χ3n) is 4.88. The van der Waals surface area contributed by atoms with Gasteiger partial charge in [0.15, 0.2) is 0 Å². The van der Waals surface area contributed by atoms with E-state index in [1.165, 1.54) is 5.56 Å². The van der Waals surface area contributed by atoms with Crippen molar-refractivity contribution >= 4 is 29.3 Å². The van der Waals surface area contributed by atoms with Crippen molar-refractivity contribution in [2.24, 2.45) is 0 Å². The Bertz CT molecular complexity index is 1020. The summed E-state index contributed by atoms with van der Waals surface area (Å²) in [4.78, 5) is 27.9. The van der Waals surface area contributed by atoms with Crippen LogP contribution in [0, 0.1) is 0 Å². The van der Waals surface area contributed by atoms with Gasteiger partial charge in [-0.2, -0.15) is 0 Å². The molecular weight excluding hydrogens is 380 g/mol. The van der Waals surface area contributed by atoms with Gasteiger partial charge in [-0.3, -0.25) is 9.59 Å². The second-order valence-electron chi connectivity index (χ2n) is 6.93. The minimum atomic E-state index is -0.0938. The van der Waals surface area contributed by atoms with Crippen LogP contribution in [0.5, 0.6) is 0 Å². The number of hydrogen-bond donors (Lipinski definition) is 1. The van der Waals surface area contributed by atoms with Gasteiger partial charge in [-0.05, 0) is 41.8 Å². The summed E-state index contributed by atoms with van der Waals surface area (Å²) in [6, 6.07) is 25.5. The number of benzene rings is 3. The maximum atomic E-state index is 12.5. The number of fused-ring (bicyclic) bond motifs is 1. The Labute approximate surface area is 174 Å². The highest BCUT2D eigenvalue weighted by atomic mass is 32.2. The number of thioether (sulfide) groups is 1. The number of carbonyl (C=O) groups excluding carboxylic acids is 2. The number of rotatable bonds is 6. The van der Waals surface area contributed by atoms with Crippen LogP contribution in [-0.4, -0.2) is 24.1 Å². The van der Waals surface area contributed by atoms with E-state index in [1.807, 2.05) is 66.7 Å². The molecule has 0 fully saturated rings. The number of carbonyl (C=O) groups is 2. The van der Waals surface area contributed by atoms with E-state index >= 15 is 0 Å². The molecule has 0 bridgehead atoms. The van der Waals surface area contributed by atoms with Crippen LogP contribution in [0.4, 0.5) is 5.69 Å². The molecule has 0 atom stereocenters. The maximum Gasteiger partial charge on any atom is 0.251 e. The van der Waals surface area contributed by atoms with Crippen molar-refractivity contribution in [3.05, 3.63) is 95.6 Å². The van der Waals surface area contributed by atoms with E-state index in [0.29, 0.717) is 24.4 Å². The summed E-state index contributed by atoms with van der Waals surface area (Å²) in [5.41, 5.74) is 3.69. The van der Waals surface area contributed by atoms with E-state index in [2.05, 4.69) is 17.4 Å². The standard InChI is InChI=1S/C24H22N2O2S/c27-23-17-29-22-12-5-4-11-21(22)26(23)16-19-9-6-10-20(15-19)24(28)25-14-13-18-7-2-1-3-8-18/h1-12,15H,13-14,16-17H2,(H,25,28). The van der Waals surface area contributed by atoms with Gasteiger partial charge in [-0.25, -0.2) is 0 Å². The Morgan fingerprint density at radius 3 is 2.55 bits per heavy atom. The monoisotopic (exact) mass is 402 g/mol. The zero-order valence-electron chi connectivity index (χ0n) is 16.0. The van der Waals surface area contributed by atoms with Gasteiger partial charge in [-0.15, -0.1) is 11.8 Å². The van der Waals surface area contributed by atoms with Gasteiger partial charge in [0.1, 0.15) is 0 Å². The molecule has 0 unspecified atom stereocenters. The first kappa shape index (κ1) is 19.3. The molecule has 1 N–H and O–H groups in total. The van der Waals surface area contributed by atoms with Crippen LogP contribution in [0.25, 0.3) is 0 Å². The van der Waals surface area contributed by atoms with Gasteiger partial charge in [0, 0.05) is 17.0 Å². The lowest BCUT2D eigenvalue weighted by Gasteiger charge is -2.29. The molecule has 0 radical (unpaired) electrons. The van der Waals surface area contributed by atoms with Crippen molar-refractivity contribution in [1.82, 2.24) is 5.32 Å². The minimum absolute atomic E-state index is 0.0893. The second-order valence-corrected chi connectivity index (χ2v) is 7.95. The minimum Gasteiger partial charge on any atom is -0.352 e. The molecule has 146 valence electrons. The van der Waals surface area contributed by atoms with Crippen LogP contribution in [0.15, 0.2) is 83.8 Å². The molecule has 4 nitrogen and oxygen atoms in total. The number of hydrogen-bond acceptors (Lipinski definition) is 3. The third kappa shape index (κ3) is 4.69. The molecule has 2 amide bonds. The van der Waals surface area contributed by atoms with Crippen molar-refractivity contribution in [1.29, 1.82) is 0 Å². The van der Waals surface area contributed by atoms with Crippen molar-refractivity contribution in [2.75, 3.05) is 17.2 Å². The molecule has 1 aliphatic heterocycles. The van der Waals surface area contributed by atoms with Crippen LogP contribution in [-0.2, 0) is 17.8 Å². The van der Waals surface area contributed by atoms with Crippen LogP contribution < -0.4 is 10.2 Å². The van der Waals surface area contributed by atoms with E-state index < -0.39 is 0 Å². The summed E-state index contributed by atoms with van der Waals surface area (Å²) in [6.07, 6.45) is 0.795. The fraction of sp³-hybridized carbons (Fsp3) is 0.167.